The van der Waals surface area contributed by atoms with Crippen molar-refractivity contribution in [1.82, 2.24) is 15.6 Å². The lowest BCUT2D eigenvalue weighted by molar-refractivity contribution is -0.128. The van der Waals surface area contributed by atoms with Crippen LogP contribution in [-0.2, 0) is 9.53 Å². The fraction of sp³-hybridized carbons (Fsp3) is 0.375. The quantitative estimate of drug-likeness (QED) is 0.300. The summed E-state index contributed by atoms with van der Waals surface area (Å²) in [6, 6.07) is 15.4. The molecule has 0 saturated carbocycles. The molecule has 1 heterocycles. The van der Waals surface area contributed by atoms with E-state index in [1.165, 1.54) is 0 Å². The van der Waals surface area contributed by atoms with Gasteiger partial charge in [-0.3, -0.25) is 14.5 Å². The molecule has 0 radical (unpaired) electrons. The molecule has 8 nitrogen and oxygen atoms in total. The fourth-order valence-electron chi connectivity index (χ4n) is 3.53. The monoisotopic (exact) mass is 438 g/mol. The van der Waals surface area contributed by atoms with Crippen molar-refractivity contribution in [2.45, 2.75) is 25.3 Å². The molecule has 32 heavy (non-hydrogen) atoms. The van der Waals surface area contributed by atoms with Gasteiger partial charge in [-0.05, 0) is 61.2 Å². The van der Waals surface area contributed by atoms with Crippen molar-refractivity contribution in [2.75, 3.05) is 32.8 Å². The molecule has 3 N–H and O–H groups in total. The van der Waals surface area contributed by atoms with Gasteiger partial charge in [0.2, 0.25) is 0 Å². The van der Waals surface area contributed by atoms with E-state index in [4.69, 9.17) is 4.74 Å². The van der Waals surface area contributed by atoms with Crippen LogP contribution in [0, 0.1) is 0 Å². The molecule has 0 spiro atoms. The summed E-state index contributed by atoms with van der Waals surface area (Å²) in [4.78, 5) is 27.1. The Hall–Kier alpha value is -3.23. The number of amides is 2. The molecule has 0 aromatic heterocycles. The highest BCUT2D eigenvalue weighted by atomic mass is 16.5. The van der Waals surface area contributed by atoms with E-state index < -0.39 is 0 Å². The number of phenols is 1. The number of hydrogen-bond donors (Lipinski definition) is 3. The second kappa shape index (κ2) is 12.6. The number of carbonyl (C=O) groups excluding carboxylic acids is 2. The fourth-order valence-corrected chi connectivity index (χ4v) is 3.53. The van der Waals surface area contributed by atoms with Crippen LogP contribution in [0.3, 0.4) is 0 Å². The van der Waals surface area contributed by atoms with Gasteiger partial charge >= 0.3 is 0 Å². The standard InChI is InChI=1S/C24H30N4O4/c29-21-11-9-19(10-12-21)18-26-27-24(31)22(28-14-16-32-17-15-28)8-4-5-13-25-23(30)20-6-2-1-3-7-20/h1-3,6-7,9-12,18,22,29H,4-5,8,13-17H2,(H,25,30)(H,27,31). The number of morpholine rings is 1. The maximum atomic E-state index is 12.8. The largest absolute Gasteiger partial charge is 0.508 e. The first-order chi connectivity index (χ1) is 15.6. The molecule has 170 valence electrons. The molecule has 1 aliphatic rings. The summed E-state index contributed by atoms with van der Waals surface area (Å²) in [5.41, 5.74) is 4.06. The number of ether oxygens (including phenoxy) is 1. The number of nitrogens with zero attached hydrogens (tertiary/aromatic N) is 2. The minimum Gasteiger partial charge on any atom is -0.508 e. The topological polar surface area (TPSA) is 103 Å². The minimum atomic E-state index is -0.305. The van der Waals surface area contributed by atoms with Gasteiger partial charge in [0.05, 0.1) is 25.5 Å². The van der Waals surface area contributed by atoms with Gasteiger partial charge in [0, 0.05) is 25.2 Å². The highest BCUT2D eigenvalue weighted by Gasteiger charge is 2.26. The van der Waals surface area contributed by atoms with E-state index in [2.05, 4.69) is 20.7 Å². The molecule has 2 aromatic rings. The number of hydrogen-bond acceptors (Lipinski definition) is 6. The van der Waals surface area contributed by atoms with E-state index >= 15 is 0 Å². The van der Waals surface area contributed by atoms with Crippen molar-refractivity contribution in [2.24, 2.45) is 5.10 Å². The number of nitrogens with one attached hydrogen (secondary N) is 2. The van der Waals surface area contributed by atoms with Crippen molar-refractivity contribution in [1.29, 1.82) is 0 Å². The predicted octanol–water partition coefficient (Wildman–Crippen LogP) is 2.14. The van der Waals surface area contributed by atoms with Gasteiger partial charge in [-0.15, -0.1) is 0 Å². The average molecular weight is 439 g/mol. The van der Waals surface area contributed by atoms with E-state index in [0.29, 0.717) is 44.8 Å². The van der Waals surface area contributed by atoms with Gasteiger partial charge in [-0.2, -0.15) is 5.10 Å². The molecule has 3 rings (SSSR count). The second-order valence-corrected chi connectivity index (χ2v) is 7.61. The maximum Gasteiger partial charge on any atom is 0.257 e. The van der Waals surface area contributed by atoms with E-state index in [1.807, 2.05) is 18.2 Å². The Labute approximate surface area is 188 Å². The van der Waals surface area contributed by atoms with Crippen LogP contribution >= 0.6 is 0 Å². The lowest BCUT2D eigenvalue weighted by Crippen LogP contribution is -2.50. The highest BCUT2D eigenvalue weighted by molar-refractivity contribution is 5.94. The zero-order valence-electron chi connectivity index (χ0n) is 18.1. The van der Waals surface area contributed by atoms with Crippen LogP contribution in [0.25, 0.3) is 0 Å². The van der Waals surface area contributed by atoms with Gasteiger partial charge < -0.3 is 15.2 Å². The van der Waals surface area contributed by atoms with Crippen LogP contribution < -0.4 is 10.7 Å². The van der Waals surface area contributed by atoms with Crippen molar-refractivity contribution in [3.8, 4) is 5.75 Å². The Morgan fingerprint density at radius 2 is 1.78 bits per heavy atom. The molecule has 1 atom stereocenters. The normalized spacial score (nSPS) is 15.4. The third-order valence-corrected chi connectivity index (χ3v) is 5.30. The van der Waals surface area contributed by atoms with Crippen molar-refractivity contribution in [3.05, 3.63) is 65.7 Å². The third-order valence-electron chi connectivity index (χ3n) is 5.30. The van der Waals surface area contributed by atoms with E-state index in [9.17, 15) is 14.7 Å². The Morgan fingerprint density at radius 3 is 2.50 bits per heavy atom. The van der Waals surface area contributed by atoms with Crippen LogP contribution in [0.15, 0.2) is 59.7 Å². The summed E-state index contributed by atoms with van der Waals surface area (Å²) in [5.74, 6) is -0.0644. The number of hydrazone groups is 1. The van der Waals surface area contributed by atoms with Gasteiger partial charge in [0.25, 0.3) is 11.8 Å². The average Bonchev–Trinajstić information content (AvgIpc) is 2.83. The molecular formula is C24H30N4O4. The summed E-state index contributed by atoms with van der Waals surface area (Å²) < 4.78 is 5.42. The van der Waals surface area contributed by atoms with Gasteiger partial charge in [0.1, 0.15) is 5.75 Å². The molecule has 2 amide bonds. The third kappa shape index (κ3) is 7.47. The van der Waals surface area contributed by atoms with Crippen LogP contribution in [0.5, 0.6) is 5.75 Å². The number of rotatable bonds is 10. The van der Waals surface area contributed by atoms with E-state index in [0.717, 1.165) is 18.4 Å². The lowest BCUT2D eigenvalue weighted by Gasteiger charge is -2.33. The maximum absolute atomic E-state index is 12.8. The Morgan fingerprint density at radius 1 is 1.06 bits per heavy atom. The van der Waals surface area contributed by atoms with Crippen molar-refractivity contribution < 1.29 is 19.4 Å². The smallest absolute Gasteiger partial charge is 0.257 e. The molecule has 1 fully saturated rings. The number of phenolic OH excluding ortho intramolecular Hbond substituents is 1. The Balaban J connectivity index is 1.47. The molecule has 0 aliphatic carbocycles. The minimum absolute atomic E-state index is 0.0864. The van der Waals surface area contributed by atoms with E-state index in [1.54, 1.807) is 42.6 Å². The second-order valence-electron chi connectivity index (χ2n) is 7.61. The SMILES string of the molecule is O=C(NCCCCC(C(=O)NN=Cc1ccc(O)cc1)N1CCOCC1)c1ccccc1. The number of unbranched alkanes of at least 4 members (excludes halogenated alkanes) is 1. The number of carbonyl (C=O) groups is 2. The van der Waals surface area contributed by atoms with Crippen LogP contribution in [0.4, 0.5) is 0 Å². The summed E-state index contributed by atoms with van der Waals surface area (Å²) in [5, 5.41) is 16.3. The van der Waals surface area contributed by atoms with Gasteiger partial charge in [0.15, 0.2) is 0 Å². The van der Waals surface area contributed by atoms with Crippen molar-refractivity contribution in [3.63, 3.8) is 0 Å². The molecular weight excluding hydrogens is 408 g/mol. The summed E-state index contributed by atoms with van der Waals surface area (Å²) in [6.45, 7) is 3.17. The first-order valence-electron chi connectivity index (χ1n) is 10.9. The van der Waals surface area contributed by atoms with Crippen LogP contribution in [0.2, 0.25) is 0 Å². The zero-order chi connectivity index (χ0) is 22.6. The van der Waals surface area contributed by atoms with Gasteiger partial charge in [-0.1, -0.05) is 18.2 Å². The molecule has 1 unspecified atom stereocenters. The lowest BCUT2D eigenvalue weighted by atomic mass is 10.1. The summed E-state index contributed by atoms with van der Waals surface area (Å²) in [7, 11) is 0. The molecule has 1 aliphatic heterocycles. The molecule has 1 saturated heterocycles. The number of aromatic hydroxyl groups is 1. The van der Waals surface area contributed by atoms with Crippen molar-refractivity contribution >= 4 is 18.0 Å². The molecule has 8 heteroatoms. The Kier molecular flexibility index (Phi) is 9.21. The number of benzene rings is 2. The molecule has 2 aromatic carbocycles. The first kappa shape index (κ1) is 23.4. The predicted molar refractivity (Wildman–Crippen MR) is 123 cm³/mol. The highest BCUT2D eigenvalue weighted by Crippen LogP contribution is 2.12. The van der Waals surface area contributed by atoms with Crippen LogP contribution in [0.1, 0.15) is 35.2 Å². The summed E-state index contributed by atoms with van der Waals surface area (Å²) >= 11 is 0. The summed E-state index contributed by atoms with van der Waals surface area (Å²) in [6.07, 6.45) is 3.80. The molecule has 0 bridgehead atoms. The zero-order valence-corrected chi connectivity index (χ0v) is 18.1. The Bertz CT molecular complexity index is 881. The van der Waals surface area contributed by atoms with Gasteiger partial charge in [-0.25, -0.2) is 5.43 Å². The van der Waals surface area contributed by atoms with Crippen LogP contribution in [-0.4, -0.2) is 66.9 Å². The van der Waals surface area contributed by atoms with E-state index in [-0.39, 0.29) is 23.6 Å². The first-order valence-corrected chi connectivity index (χ1v) is 10.9.